The van der Waals surface area contributed by atoms with Gasteiger partial charge in [0, 0.05) is 49.7 Å². The highest BCUT2D eigenvalue weighted by Crippen LogP contribution is 2.27. The third-order valence-corrected chi connectivity index (χ3v) is 8.79. The molecule has 3 N–H and O–H groups in total. The van der Waals surface area contributed by atoms with Crippen molar-refractivity contribution in [3.63, 3.8) is 0 Å². The van der Waals surface area contributed by atoms with E-state index in [2.05, 4.69) is 37.2 Å². The molecular weight excluding hydrogens is 564 g/mol. The summed E-state index contributed by atoms with van der Waals surface area (Å²) >= 11 is 0. The molecule has 0 radical (unpaired) electrons. The lowest BCUT2D eigenvalue weighted by atomic mass is 9.95. The summed E-state index contributed by atoms with van der Waals surface area (Å²) in [6, 6.07) is 18.3. The molecule has 11 heteroatoms. The number of aromatic nitrogens is 5. The summed E-state index contributed by atoms with van der Waals surface area (Å²) in [6.45, 7) is 7.14. The first-order chi connectivity index (χ1) is 22.2. The van der Waals surface area contributed by atoms with Crippen molar-refractivity contribution in [2.75, 3.05) is 56.0 Å². The molecule has 1 amide bonds. The van der Waals surface area contributed by atoms with Crippen LogP contribution in [0.2, 0.25) is 0 Å². The maximum absolute atomic E-state index is 13.0. The zero-order valence-electron chi connectivity index (χ0n) is 26.2. The van der Waals surface area contributed by atoms with Gasteiger partial charge in [0.2, 0.25) is 5.95 Å². The van der Waals surface area contributed by atoms with Crippen molar-refractivity contribution in [2.45, 2.75) is 64.1 Å². The molecule has 1 aliphatic heterocycles. The standard InChI is InChI=1S/C34H46N10O/c45-33(27-11-3-1-4-12-27)43-23-21-42(22-24-43)32-30-15-7-8-16-31(30)38-34(39-32)37-25-29-26-44(41-40-29)20-10-18-35-17-9-19-36-28-13-5-2-6-14-28/h1,3-4,7-8,11-12,15-16,26,28,35-36H,2,5-6,9-10,13-14,17-25H2,(H,37,38,39). The van der Waals surface area contributed by atoms with E-state index in [4.69, 9.17) is 9.97 Å². The molecule has 2 aromatic carbocycles. The lowest BCUT2D eigenvalue weighted by Gasteiger charge is -2.36. The molecule has 6 rings (SSSR count). The summed E-state index contributed by atoms with van der Waals surface area (Å²) in [7, 11) is 0. The Hall–Kier alpha value is -4.09. The molecule has 3 heterocycles. The molecule has 0 spiro atoms. The largest absolute Gasteiger partial charge is 0.352 e. The number of rotatable bonds is 14. The van der Waals surface area contributed by atoms with Crippen molar-refractivity contribution < 1.29 is 4.79 Å². The molecule has 2 aromatic heterocycles. The summed E-state index contributed by atoms with van der Waals surface area (Å²) in [4.78, 5) is 26.8. The van der Waals surface area contributed by atoms with Gasteiger partial charge in [0.15, 0.2) is 0 Å². The maximum atomic E-state index is 13.0. The van der Waals surface area contributed by atoms with Crippen LogP contribution in [-0.2, 0) is 13.1 Å². The summed E-state index contributed by atoms with van der Waals surface area (Å²) in [6.07, 6.45) is 11.0. The second-order valence-electron chi connectivity index (χ2n) is 12.1. The van der Waals surface area contributed by atoms with Gasteiger partial charge >= 0.3 is 0 Å². The van der Waals surface area contributed by atoms with Gasteiger partial charge in [-0.2, -0.15) is 4.98 Å². The van der Waals surface area contributed by atoms with Crippen molar-refractivity contribution in [3.8, 4) is 0 Å². The van der Waals surface area contributed by atoms with Gasteiger partial charge in [0.25, 0.3) is 5.91 Å². The summed E-state index contributed by atoms with van der Waals surface area (Å²) < 4.78 is 1.91. The van der Waals surface area contributed by atoms with E-state index in [0.29, 0.717) is 38.7 Å². The Labute approximate surface area is 265 Å². The molecule has 1 aliphatic carbocycles. The number of anilines is 2. The molecule has 11 nitrogen and oxygen atoms in total. The summed E-state index contributed by atoms with van der Waals surface area (Å²) in [5.74, 6) is 1.52. The van der Waals surface area contributed by atoms with E-state index in [1.807, 2.05) is 64.3 Å². The molecule has 2 aliphatic rings. The van der Waals surface area contributed by atoms with Crippen LogP contribution < -0.4 is 20.9 Å². The van der Waals surface area contributed by atoms with Crippen LogP contribution in [0.1, 0.15) is 61.0 Å². The number of benzene rings is 2. The Kier molecular flexibility index (Phi) is 10.8. The molecule has 1 saturated heterocycles. The fourth-order valence-electron chi connectivity index (χ4n) is 6.28. The average Bonchev–Trinajstić information content (AvgIpc) is 3.56. The highest BCUT2D eigenvalue weighted by Gasteiger charge is 2.24. The van der Waals surface area contributed by atoms with Crippen LogP contribution in [0.15, 0.2) is 60.8 Å². The zero-order chi connectivity index (χ0) is 30.7. The molecule has 238 valence electrons. The van der Waals surface area contributed by atoms with E-state index in [9.17, 15) is 4.79 Å². The third-order valence-electron chi connectivity index (χ3n) is 8.79. The predicted octanol–water partition coefficient (Wildman–Crippen LogP) is 4.09. The highest BCUT2D eigenvalue weighted by molar-refractivity contribution is 5.94. The number of carbonyl (C=O) groups is 1. The van der Waals surface area contributed by atoms with Crippen molar-refractivity contribution in [3.05, 3.63) is 72.1 Å². The number of nitrogens with one attached hydrogen (secondary N) is 3. The summed E-state index contributed by atoms with van der Waals surface area (Å²) in [5, 5.41) is 20.3. The summed E-state index contributed by atoms with van der Waals surface area (Å²) in [5.41, 5.74) is 2.46. The SMILES string of the molecule is O=C(c1ccccc1)N1CCN(c2nc(NCc3cn(CCCNCCCNC4CCCCC4)nn3)nc3ccccc23)CC1. The van der Waals surface area contributed by atoms with E-state index in [-0.39, 0.29) is 5.91 Å². The topological polar surface area (TPSA) is 116 Å². The number of amides is 1. The number of para-hydroxylation sites is 1. The number of hydrogen-bond acceptors (Lipinski definition) is 9. The van der Waals surface area contributed by atoms with Crippen molar-refractivity contribution >= 4 is 28.6 Å². The number of nitrogens with zero attached hydrogens (tertiary/aromatic N) is 7. The second kappa shape index (κ2) is 15.8. The fourth-order valence-corrected chi connectivity index (χ4v) is 6.28. The number of fused-ring (bicyclic) bond motifs is 1. The minimum atomic E-state index is 0.0760. The lowest BCUT2D eigenvalue weighted by Crippen LogP contribution is -2.49. The molecule has 2 fully saturated rings. The first-order valence-corrected chi connectivity index (χ1v) is 16.7. The van der Waals surface area contributed by atoms with E-state index >= 15 is 0 Å². The molecule has 4 aromatic rings. The van der Waals surface area contributed by atoms with Gasteiger partial charge in [-0.05, 0) is 69.6 Å². The van der Waals surface area contributed by atoms with Crippen LogP contribution >= 0.6 is 0 Å². The molecule has 1 saturated carbocycles. The third kappa shape index (κ3) is 8.55. The minimum Gasteiger partial charge on any atom is -0.352 e. The number of hydrogen-bond donors (Lipinski definition) is 3. The van der Waals surface area contributed by atoms with Crippen molar-refractivity contribution in [2.24, 2.45) is 0 Å². The van der Waals surface area contributed by atoms with Crippen LogP contribution in [0, 0.1) is 0 Å². The Morgan fingerprint density at radius 1 is 0.844 bits per heavy atom. The van der Waals surface area contributed by atoms with Crippen molar-refractivity contribution in [1.82, 2.24) is 40.5 Å². The smallest absolute Gasteiger partial charge is 0.253 e. The molecule has 45 heavy (non-hydrogen) atoms. The van der Waals surface area contributed by atoms with Crippen LogP contribution in [-0.4, -0.2) is 87.6 Å². The Balaban J connectivity index is 0.959. The van der Waals surface area contributed by atoms with Gasteiger partial charge in [0.1, 0.15) is 11.5 Å². The molecule has 0 atom stereocenters. The number of piperazine rings is 1. The van der Waals surface area contributed by atoms with Gasteiger partial charge in [-0.15, -0.1) is 5.10 Å². The second-order valence-corrected chi connectivity index (χ2v) is 12.1. The first kappa shape index (κ1) is 30.9. The van der Waals surface area contributed by atoms with Crippen LogP contribution in [0.25, 0.3) is 10.9 Å². The quantitative estimate of drug-likeness (QED) is 0.182. The fraction of sp³-hybridized carbons (Fsp3) is 0.500. The monoisotopic (exact) mass is 610 g/mol. The molecule has 0 unspecified atom stereocenters. The maximum Gasteiger partial charge on any atom is 0.253 e. The highest BCUT2D eigenvalue weighted by atomic mass is 16.2. The van der Waals surface area contributed by atoms with Gasteiger partial charge in [-0.3, -0.25) is 9.48 Å². The van der Waals surface area contributed by atoms with E-state index in [1.54, 1.807) is 0 Å². The van der Waals surface area contributed by atoms with Gasteiger partial charge in [-0.1, -0.05) is 54.8 Å². The number of carbonyl (C=O) groups excluding carboxylic acids is 1. The van der Waals surface area contributed by atoms with E-state index in [1.165, 1.54) is 38.5 Å². The van der Waals surface area contributed by atoms with Gasteiger partial charge < -0.3 is 25.8 Å². The first-order valence-electron chi connectivity index (χ1n) is 16.7. The Morgan fingerprint density at radius 2 is 1.62 bits per heavy atom. The van der Waals surface area contributed by atoms with Crippen molar-refractivity contribution in [1.29, 1.82) is 0 Å². The van der Waals surface area contributed by atoms with E-state index in [0.717, 1.165) is 66.6 Å². The normalized spacial score (nSPS) is 15.9. The molecular formula is C34H46N10O. The predicted molar refractivity (Wildman–Crippen MR) is 178 cm³/mol. The van der Waals surface area contributed by atoms with Crippen LogP contribution in [0.3, 0.4) is 0 Å². The lowest BCUT2D eigenvalue weighted by molar-refractivity contribution is 0.0746. The van der Waals surface area contributed by atoms with E-state index < -0.39 is 0 Å². The van der Waals surface area contributed by atoms with Gasteiger partial charge in [-0.25, -0.2) is 4.98 Å². The molecule has 0 bridgehead atoms. The Bertz CT molecular complexity index is 1500. The minimum absolute atomic E-state index is 0.0760. The van der Waals surface area contributed by atoms with Crippen LogP contribution in [0.4, 0.5) is 11.8 Å². The average molecular weight is 611 g/mol. The van der Waals surface area contributed by atoms with Crippen LogP contribution in [0.5, 0.6) is 0 Å². The zero-order valence-corrected chi connectivity index (χ0v) is 26.2. The number of aryl methyl sites for hydroxylation is 1. The Morgan fingerprint density at radius 3 is 2.47 bits per heavy atom. The van der Waals surface area contributed by atoms with Gasteiger partial charge in [0.05, 0.1) is 18.3 Å².